The molecule has 1 heterocycles. The van der Waals surface area contributed by atoms with Crippen molar-refractivity contribution in [2.45, 2.75) is 32.0 Å². The second-order valence-electron chi connectivity index (χ2n) is 7.50. The van der Waals surface area contributed by atoms with Gasteiger partial charge in [0, 0.05) is 31.0 Å². The maximum atomic E-state index is 13.1. The maximum Gasteiger partial charge on any atom is 0.123 e. The molecule has 150 valence electrons. The number of aliphatic hydroxyl groups excluding tert-OH is 2. The average molecular weight is 385 g/mol. The number of hydrogen-bond donors (Lipinski definition) is 4. The molecular weight excluding hydrogens is 357 g/mol. The Kier molecular flexibility index (Phi) is 6.34. The number of aliphatic hydroxyl groups is 2. The number of benzene rings is 2. The molecule has 3 aromatic rings. The zero-order valence-corrected chi connectivity index (χ0v) is 16.3. The van der Waals surface area contributed by atoms with Crippen molar-refractivity contribution in [1.82, 2.24) is 9.88 Å². The molecule has 2 aromatic carbocycles. The van der Waals surface area contributed by atoms with Crippen LogP contribution < -0.4 is 10.6 Å². The minimum Gasteiger partial charge on any atom is -0.394 e. The number of fused-ring (bicyclic) bond motifs is 1. The van der Waals surface area contributed by atoms with Gasteiger partial charge in [0.1, 0.15) is 5.82 Å². The van der Waals surface area contributed by atoms with Crippen molar-refractivity contribution in [3.8, 4) is 0 Å². The van der Waals surface area contributed by atoms with Gasteiger partial charge in [-0.1, -0.05) is 18.2 Å². The fourth-order valence-electron chi connectivity index (χ4n) is 3.19. The van der Waals surface area contributed by atoms with E-state index in [1.165, 1.54) is 12.1 Å². The summed E-state index contributed by atoms with van der Waals surface area (Å²) in [4.78, 5) is 0. The third-order valence-corrected chi connectivity index (χ3v) is 5.13. The summed E-state index contributed by atoms with van der Waals surface area (Å²) in [5, 5.41) is 26.6. The van der Waals surface area contributed by atoms with E-state index in [1.807, 2.05) is 19.2 Å². The Balaban J connectivity index is 1.70. The molecule has 28 heavy (non-hydrogen) atoms. The van der Waals surface area contributed by atoms with E-state index in [9.17, 15) is 14.6 Å². The fourth-order valence-corrected chi connectivity index (χ4v) is 3.19. The Labute approximate surface area is 164 Å². The highest BCUT2D eigenvalue weighted by Gasteiger charge is 2.20. The summed E-state index contributed by atoms with van der Waals surface area (Å²) < 4.78 is 15.3. The Hall–Kier alpha value is -2.41. The first-order valence-electron chi connectivity index (χ1n) is 9.52. The SMILES string of the molecule is CC(Nc1ccc2ccn(CCNC(C)(CO)CO)c2c1)c1ccc(F)cc1. The van der Waals surface area contributed by atoms with E-state index in [-0.39, 0.29) is 25.1 Å². The normalized spacial score (nSPS) is 13.0. The molecule has 0 saturated carbocycles. The molecule has 0 spiro atoms. The van der Waals surface area contributed by atoms with Crippen LogP contribution in [0, 0.1) is 5.82 Å². The number of halogens is 1. The topological polar surface area (TPSA) is 69.5 Å². The predicted molar refractivity (Wildman–Crippen MR) is 111 cm³/mol. The van der Waals surface area contributed by atoms with Crippen molar-refractivity contribution < 1.29 is 14.6 Å². The van der Waals surface area contributed by atoms with Gasteiger partial charge in [0.05, 0.1) is 24.3 Å². The minimum atomic E-state index is -0.680. The van der Waals surface area contributed by atoms with Gasteiger partial charge in [0.25, 0.3) is 0 Å². The lowest BCUT2D eigenvalue weighted by Gasteiger charge is -2.26. The number of rotatable bonds is 9. The van der Waals surface area contributed by atoms with Gasteiger partial charge in [-0.2, -0.15) is 0 Å². The Morgan fingerprint density at radius 2 is 1.79 bits per heavy atom. The zero-order valence-electron chi connectivity index (χ0n) is 16.3. The highest BCUT2D eigenvalue weighted by atomic mass is 19.1. The lowest BCUT2D eigenvalue weighted by atomic mass is 10.1. The number of nitrogens with one attached hydrogen (secondary N) is 2. The highest BCUT2D eigenvalue weighted by molar-refractivity contribution is 5.83. The molecule has 3 rings (SSSR count). The Bertz CT molecular complexity index is 904. The largest absolute Gasteiger partial charge is 0.394 e. The lowest BCUT2D eigenvalue weighted by Crippen LogP contribution is -2.49. The van der Waals surface area contributed by atoms with Crippen LogP contribution in [0.3, 0.4) is 0 Å². The van der Waals surface area contributed by atoms with Crippen LogP contribution in [0.4, 0.5) is 10.1 Å². The summed E-state index contributed by atoms with van der Waals surface area (Å²) in [5.41, 5.74) is 2.44. The summed E-state index contributed by atoms with van der Waals surface area (Å²) in [5.74, 6) is -0.234. The van der Waals surface area contributed by atoms with Crippen LogP contribution in [-0.2, 0) is 6.54 Å². The molecule has 0 saturated heterocycles. The average Bonchev–Trinajstić information content (AvgIpc) is 3.10. The maximum absolute atomic E-state index is 13.1. The smallest absolute Gasteiger partial charge is 0.123 e. The number of aromatic nitrogens is 1. The molecule has 0 bridgehead atoms. The molecule has 5 nitrogen and oxygen atoms in total. The van der Waals surface area contributed by atoms with Crippen molar-refractivity contribution >= 4 is 16.6 Å². The van der Waals surface area contributed by atoms with E-state index < -0.39 is 5.54 Å². The van der Waals surface area contributed by atoms with E-state index in [2.05, 4.69) is 33.4 Å². The van der Waals surface area contributed by atoms with Gasteiger partial charge >= 0.3 is 0 Å². The van der Waals surface area contributed by atoms with Gasteiger partial charge in [-0.15, -0.1) is 0 Å². The molecule has 0 aliphatic heterocycles. The standard InChI is InChI=1S/C22H28FN3O2/c1-16(17-3-6-19(23)7-4-17)25-20-8-5-18-9-11-26(21(18)13-20)12-10-24-22(2,14-27)15-28/h3-9,11,13,16,24-25,27-28H,10,12,14-15H2,1-2H3. The van der Waals surface area contributed by atoms with E-state index in [0.717, 1.165) is 28.7 Å². The molecule has 0 radical (unpaired) electrons. The monoisotopic (exact) mass is 385 g/mol. The summed E-state index contributed by atoms with van der Waals surface area (Å²) in [6, 6.07) is 14.9. The van der Waals surface area contributed by atoms with Crippen LogP contribution in [0.5, 0.6) is 0 Å². The van der Waals surface area contributed by atoms with Gasteiger partial charge in [-0.05, 0) is 55.1 Å². The van der Waals surface area contributed by atoms with Gasteiger partial charge in [-0.25, -0.2) is 4.39 Å². The molecular formula is C22H28FN3O2. The summed E-state index contributed by atoms with van der Waals surface area (Å²) >= 11 is 0. The second-order valence-corrected chi connectivity index (χ2v) is 7.50. The molecule has 0 amide bonds. The molecule has 1 atom stereocenters. The van der Waals surface area contributed by atoms with E-state index >= 15 is 0 Å². The van der Waals surface area contributed by atoms with Crippen LogP contribution in [0.1, 0.15) is 25.5 Å². The highest BCUT2D eigenvalue weighted by Crippen LogP contribution is 2.24. The molecule has 0 aliphatic carbocycles. The number of anilines is 1. The van der Waals surface area contributed by atoms with Crippen molar-refractivity contribution in [3.63, 3.8) is 0 Å². The quantitative estimate of drug-likeness (QED) is 0.456. The molecule has 4 N–H and O–H groups in total. The van der Waals surface area contributed by atoms with Crippen molar-refractivity contribution in [3.05, 3.63) is 66.1 Å². The number of hydrogen-bond acceptors (Lipinski definition) is 4. The van der Waals surface area contributed by atoms with Crippen LogP contribution in [0.2, 0.25) is 0 Å². The zero-order chi connectivity index (χ0) is 20.1. The Morgan fingerprint density at radius 1 is 1.07 bits per heavy atom. The predicted octanol–water partition coefficient (Wildman–Crippen LogP) is 3.29. The first-order valence-corrected chi connectivity index (χ1v) is 9.52. The van der Waals surface area contributed by atoms with Gasteiger partial charge in [0.2, 0.25) is 0 Å². The third-order valence-electron chi connectivity index (χ3n) is 5.13. The van der Waals surface area contributed by atoms with Crippen LogP contribution in [-0.4, -0.2) is 40.1 Å². The third kappa shape index (κ3) is 4.70. The minimum absolute atomic E-state index is 0.0537. The first-order chi connectivity index (χ1) is 13.4. The van der Waals surface area contributed by atoms with Crippen LogP contribution in [0.25, 0.3) is 10.9 Å². The lowest BCUT2D eigenvalue weighted by molar-refractivity contribution is 0.104. The summed E-state index contributed by atoms with van der Waals surface area (Å²) in [6.45, 7) is 4.95. The molecule has 1 aromatic heterocycles. The van der Waals surface area contributed by atoms with Crippen molar-refractivity contribution in [2.24, 2.45) is 0 Å². The van der Waals surface area contributed by atoms with E-state index in [0.29, 0.717) is 6.54 Å². The molecule has 0 aliphatic rings. The second kappa shape index (κ2) is 8.73. The van der Waals surface area contributed by atoms with Crippen LogP contribution >= 0.6 is 0 Å². The fraction of sp³-hybridized carbons (Fsp3) is 0.364. The van der Waals surface area contributed by atoms with Gasteiger partial charge in [-0.3, -0.25) is 0 Å². The Morgan fingerprint density at radius 3 is 2.46 bits per heavy atom. The van der Waals surface area contributed by atoms with Gasteiger partial charge in [0.15, 0.2) is 0 Å². The van der Waals surface area contributed by atoms with Gasteiger partial charge < -0.3 is 25.4 Å². The van der Waals surface area contributed by atoms with Crippen molar-refractivity contribution in [1.29, 1.82) is 0 Å². The molecule has 1 unspecified atom stereocenters. The first kappa shape index (κ1) is 20.3. The molecule has 6 heteroatoms. The number of nitrogens with zero attached hydrogens (tertiary/aromatic N) is 1. The van der Waals surface area contributed by atoms with E-state index in [4.69, 9.17) is 0 Å². The summed E-state index contributed by atoms with van der Waals surface area (Å²) in [6.07, 6.45) is 2.04. The summed E-state index contributed by atoms with van der Waals surface area (Å²) in [7, 11) is 0. The van der Waals surface area contributed by atoms with E-state index in [1.54, 1.807) is 19.1 Å². The molecule has 0 fully saturated rings. The van der Waals surface area contributed by atoms with Crippen molar-refractivity contribution in [2.75, 3.05) is 25.1 Å². The van der Waals surface area contributed by atoms with Crippen LogP contribution in [0.15, 0.2) is 54.7 Å².